The molecule has 0 heterocycles. The van der Waals surface area contributed by atoms with Gasteiger partial charge in [-0.2, -0.15) is 0 Å². The zero-order valence-electron chi connectivity index (χ0n) is 8.68. The maximum absolute atomic E-state index is 13.4. The molecule has 0 aliphatic heterocycles. The summed E-state index contributed by atoms with van der Waals surface area (Å²) in [5, 5.41) is 3.10. The first-order chi connectivity index (χ1) is 6.67. The maximum atomic E-state index is 13.4. The largest absolute Gasteiger partial charge is 0.380 e. The number of hydrogen-bond acceptors (Lipinski definition) is 2. The highest BCUT2D eigenvalue weighted by molar-refractivity contribution is 5.46. The standard InChI is InChI=1S/C11H17FN2/c1-3-8(2)14-11-5-4-9(7-13)6-10(11)12/h4-6,8,14H,3,7,13H2,1-2H3. The van der Waals surface area contributed by atoms with Crippen LogP contribution >= 0.6 is 0 Å². The van der Waals surface area contributed by atoms with Crippen molar-refractivity contribution in [1.82, 2.24) is 0 Å². The fourth-order valence-corrected chi connectivity index (χ4v) is 1.17. The van der Waals surface area contributed by atoms with Crippen molar-refractivity contribution in [3.05, 3.63) is 29.6 Å². The number of halogens is 1. The minimum absolute atomic E-state index is 0.228. The molecule has 0 radical (unpaired) electrons. The van der Waals surface area contributed by atoms with Crippen molar-refractivity contribution in [2.75, 3.05) is 5.32 Å². The van der Waals surface area contributed by atoms with Gasteiger partial charge in [0.2, 0.25) is 0 Å². The van der Waals surface area contributed by atoms with E-state index >= 15 is 0 Å². The van der Waals surface area contributed by atoms with Crippen LogP contribution in [0.1, 0.15) is 25.8 Å². The van der Waals surface area contributed by atoms with E-state index < -0.39 is 0 Å². The van der Waals surface area contributed by atoms with Crippen molar-refractivity contribution in [2.45, 2.75) is 32.9 Å². The minimum Gasteiger partial charge on any atom is -0.380 e. The van der Waals surface area contributed by atoms with Crippen LogP contribution < -0.4 is 11.1 Å². The molecule has 0 saturated heterocycles. The second-order valence-electron chi connectivity index (χ2n) is 3.47. The molecular formula is C11H17FN2. The van der Waals surface area contributed by atoms with Gasteiger partial charge >= 0.3 is 0 Å². The number of hydrogen-bond donors (Lipinski definition) is 2. The summed E-state index contributed by atoms with van der Waals surface area (Å²) in [5.74, 6) is -0.228. The molecule has 1 unspecified atom stereocenters. The van der Waals surface area contributed by atoms with Crippen LogP contribution in [0, 0.1) is 5.82 Å². The van der Waals surface area contributed by atoms with Crippen molar-refractivity contribution in [1.29, 1.82) is 0 Å². The highest BCUT2D eigenvalue weighted by Crippen LogP contribution is 2.16. The number of benzene rings is 1. The zero-order valence-corrected chi connectivity index (χ0v) is 8.68. The molecule has 78 valence electrons. The van der Waals surface area contributed by atoms with Gasteiger partial charge in [0.1, 0.15) is 5.82 Å². The van der Waals surface area contributed by atoms with Gasteiger partial charge in [-0.3, -0.25) is 0 Å². The third-order valence-corrected chi connectivity index (χ3v) is 2.28. The molecule has 3 N–H and O–H groups in total. The number of nitrogens with two attached hydrogens (primary N) is 1. The summed E-state index contributed by atoms with van der Waals surface area (Å²) in [7, 11) is 0. The third-order valence-electron chi connectivity index (χ3n) is 2.28. The van der Waals surface area contributed by atoms with Crippen LogP contribution in [0.5, 0.6) is 0 Å². The van der Waals surface area contributed by atoms with E-state index in [1.54, 1.807) is 6.07 Å². The lowest BCUT2D eigenvalue weighted by Crippen LogP contribution is -2.14. The second-order valence-corrected chi connectivity index (χ2v) is 3.47. The molecule has 3 heteroatoms. The molecule has 1 atom stereocenters. The van der Waals surface area contributed by atoms with Crippen molar-refractivity contribution in [3.63, 3.8) is 0 Å². The first-order valence-corrected chi connectivity index (χ1v) is 4.92. The Morgan fingerprint density at radius 1 is 1.50 bits per heavy atom. The molecule has 1 aromatic rings. The summed E-state index contributed by atoms with van der Waals surface area (Å²) in [6.45, 7) is 4.46. The summed E-state index contributed by atoms with van der Waals surface area (Å²) in [6.07, 6.45) is 0.970. The second kappa shape index (κ2) is 4.96. The van der Waals surface area contributed by atoms with Crippen LogP contribution in [0.4, 0.5) is 10.1 Å². The van der Waals surface area contributed by atoms with Crippen LogP contribution in [-0.4, -0.2) is 6.04 Å². The van der Waals surface area contributed by atoms with Crippen LogP contribution in [0.3, 0.4) is 0 Å². The lowest BCUT2D eigenvalue weighted by Gasteiger charge is -2.14. The van der Waals surface area contributed by atoms with Crippen LogP contribution in [0.2, 0.25) is 0 Å². The molecule has 1 aromatic carbocycles. The molecule has 1 rings (SSSR count). The van der Waals surface area contributed by atoms with Gasteiger partial charge in [-0.15, -0.1) is 0 Å². The van der Waals surface area contributed by atoms with E-state index in [4.69, 9.17) is 5.73 Å². The Morgan fingerprint density at radius 2 is 2.21 bits per heavy atom. The summed E-state index contributed by atoms with van der Waals surface area (Å²) in [6, 6.07) is 5.34. The van der Waals surface area contributed by atoms with Crippen LogP contribution in [-0.2, 0) is 6.54 Å². The average Bonchev–Trinajstić information content (AvgIpc) is 2.20. The van der Waals surface area contributed by atoms with Crippen LogP contribution in [0.15, 0.2) is 18.2 Å². The highest BCUT2D eigenvalue weighted by atomic mass is 19.1. The molecule has 0 aliphatic carbocycles. The Morgan fingerprint density at radius 3 is 2.71 bits per heavy atom. The molecule has 0 spiro atoms. The van der Waals surface area contributed by atoms with Gasteiger partial charge < -0.3 is 11.1 Å². The summed E-state index contributed by atoms with van der Waals surface area (Å²) < 4.78 is 13.4. The Bertz CT molecular complexity index is 299. The predicted octanol–water partition coefficient (Wildman–Crippen LogP) is 2.49. The lowest BCUT2D eigenvalue weighted by atomic mass is 10.1. The minimum atomic E-state index is -0.228. The smallest absolute Gasteiger partial charge is 0.146 e. The number of rotatable bonds is 4. The molecule has 0 fully saturated rings. The Labute approximate surface area is 84.3 Å². The third kappa shape index (κ3) is 2.70. The van der Waals surface area contributed by atoms with E-state index in [2.05, 4.69) is 12.2 Å². The number of nitrogens with one attached hydrogen (secondary N) is 1. The lowest BCUT2D eigenvalue weighted by molar-refractivity contribution is 0.622. The molecule has 0 saturated carbocycles. The van der Waals surface area contributed by atoms with Gasteiger partial charge in [0.05, 0.1) is 5.69 Å². The molecular weight excluding hydrogens is 179 g/mol. The van der Waals surface area contributed by atoms with E-state index in [0.717, 1.165) is 12.0 Å². The normalized spacial score (nSPS) is 12.6. The van der Waals surface area contributed by atoms with Crippen LogP contribution in [0.25, 0.3) is 0 Å². The van der Waals surface area contributed by atoms with Gasteiger partial charge in [0, 0.05) is 12.6 Å². The van der Waals surface area contributed by atoms with Gasteiger partial charge in [-0.25, -0.2) is 4.39 Å². The molecule has 0 bridgehead atoms. The van der Waals surface area contributed by atoms with E-state index in [-0.39, 0.29) is 11.9 Å². The van der Waals surface area contributed by atoms with Crippen molar-refractivity contribution >= 4 is 5.69 Å². The zero-order chi connectivity index (χ0) is 10.6. The molecule has 0 aromatic heterocycles. The summed E-state index contributed by atoms with van der Waals surface area (Å²) in [5.41, 5.74) is 6.78. The van der Waals surface area contributed by atoms with Gasteiger partial charge in [0.25, 0.3) is 0 Å². The van der Waals surface area contributed by atoms with Gasteiger partial charge in [-0.1, -0.05) is 13.0 Å². The topological polar surface area (TPSA) is 38.0 Å². The van der Waals surface area contributed by atoms with E-state index in [9.17, 15) is 4.39 Å². The molecule has 0 aliphatic rings. The molecule has 2 nitrogen and oxygen atoms in total. The first-order valence-electron chi connectivity index (χ1n) is 4.92. The van der Waals surface area contributed by atoms with Gasteiger partial charge in [0.15, 0.2) is 0 Å². The first kappa shape index (κ1) is 11.0. The number of anilines is 1. The van der Waals surface area contributed by atoms with E-state index in [1.807, 2.05) is 13.0 Å². The van der Waals surface area contributed by atoms with Crippen molar-refractivity contribution in [3.8, 4) is 0 Å². The monoisotopic (exact) mass is 196 g/mol. The fourth-order valence-electron chi connectivity index (χ4n) is 1.17. The SMILES string of the molecule is CCC(C)Nc1ccc(CN)cc1F. The van der Waals surface area contributed by atoms with E-state index in [1.165, 1.54) is 6.07 Å². The molecule has 14 heavy (non-hydrogen) atoms. The molecule has 0 amide bonds. The summed E-state index contributed by atoms with van der Waals surface area (Å²) >= 11 is 0. The highest BCUT2D eigenvalue weighted by Gasteiger charge is 2.05. The van der Waals surface area contributed by atoms with E-state index in [0.29, 0.717) is 12.2 Å². The van der Waals surface area contributed by atoms with Crippen molar-refractivity contribution in [2.24, 2.45) is 5.73 Å². The quantitative estimate of drug-likeness (QED) is 0.776. The van der Waals surface area contributed by atoms with Gasteiger partial charge in [-0.05, 0) is 31.0 Å². The van der Waals surface area contributed by atoms with Crippen molar-refractivity contribution < 1.29 is 4.39 Å². The Kier molecular flexibility index (Phi) is 3.89. The Hall–Kier alpha value is -1.09. The average molecular weight is 196 g/mol. The predicted molar refractivity (Wildman–Crippen MR) is 57.7 cm³/mol. The summed E-state index contributed by atoms with van der Waals surface area (Å²) in [4.78, 5) is 0. The fraction of sp³-hybridized carbons (Fsp3) is 0.455. The Balaban J connectivity index is 2.78. The maximum Gasteiger partial charge on any atom is 0.146 e.